The van der Waals surface area contributed by atoms with Gasteiger partial charge in [0.1, 0.15) is 5.75 Å². The molecule has 136 valence electrons. The van der Waals surface area contributed by atoms with Crippen molar-refractivity contribution in [2.75, 3.05) is 27.9 Å². The van der Waals surface area contributed by atoms with Gasteiger partial charge in [-0.05, 0) is 53.3 Å². The quantitative estimate of drug-likeness (QED) is 0.790. The van der Waals surface area contributed by atoms with E-state index in [1.165, 1.54) is 16.7 Å². The van der Waals surface area contributed by atoms with Crippen molar-refractivity contribution in [2.24, 2.45) is 0 Å². The molecule has 0 aliphatic carbocycles. The highest BCUT2D eigenvalue weighted by molar-refractivity contribution is 5.82. The number of methoxy groups -OCH3 is 3. The molecule has 5 nitrogen and oxygen atoms in total. The third-order valence-corrected chi connectivity index (χ3v) is 5.64. The summed E-state index contributed by atoms with van der Waals surface area (Å²) >= 11 is 0. The zero-order chi connectivity index (χ0) is 18.3. The second-order valence-electron chi connectivity index (χ2n) is 6.78. The van der Waals surface area contributed by atoms with Crippen LogP contribution in [-0.4, -0.2) is 39.1 Å². The molecule has 2 aliphatic rings. The van der Waals surface area contributed by atoms with Crippen molar-refractivity contribution in [3.05, 3.63) is 52.1 Å². The second-order valence-corrected chi connectivity index (χ2v) is 6.78. The summed E-state index contributed by atoms with van der Waals surface area (Å²) in [6.45, 7) is 1.72. The fourth-order valence-corrected chi connectivity index (χ4v) is 4.29. The average molecular weight is 353 g/mol. The van der Waals surface area contributed by atoms with E-state index in [1.54, 1.807) is 21.3 Å². The van der Waals surface area contributed by atoms with E-state index in [9.17, 15) is 4.79 Å². The van der Waals surface area contributed by atoms with Crippen molar-refractivity contribution in [1.82, 2.24) is 4.90 Å². The van der Waals surface area contributed by atoms with E-state index >= 15 is 0 Å². The van der Waals surface area contributed by atoms with Crippen LogP contribution in [0.25, 0.3) is 0 Å². The zero-order valence-electron chi connectivity index (χ0n) is 15.4. The van der Waals surface area contributed by atoms with Gasteiger partial charge in [0.2, 0.25) is 0 Å². The van der Waals surface area contributed by atoms with Crippen LogP contribution in [0.1, 0.15) is 38.7 Å². The minimum absolute atomic E-state index is 0.291. The Balaban J connectivity index is 1.78. The molecule has 4 rings (SSSR count). The van der Waals surface area contributed by atoms with E-state index in [2.05, 4.69) is 23.1 Å². The predicted molar refractivity (Wildman–Crippen MR) is 98.5 cm³/mol. The van der Waals surface area contributed by atoms with Crippen molar-refractivity contribution < 1.29 is 19.0 Å². The van der Waals surface area contributed by atoms with Gasteiger partial charge in [0, 0.05) is 19.1 Å². The fourth-order valence-electron chi connectivity index (χ4n) is 4.29. The van der Waals surface area contributed by atoms with Crippen LogP contribution in [0.3, 0.4) is 0 Å². The van der Waals surface area contributed by atoms with Crippen molar-refractivity contribution in [3.63, 3.8) is 0 Å². The summed E-state index contributed by atoms with van der Waals surface area (Å²) in [5.41, 5.74) is 5.61. The molecule has 2 aromatic carbocycles. The molecule has 0 saturated heterocycles. The van der Waals surface area contributed by atoms with Crippen molar-refractivity contribution >= 4 is 6.29 Å². The Bertz CT molecular complexity index is 862. The van der Waals surface area contributed by atoms with Gasteiger partial charge < -0.3 is 14.2 Å². The number of aldehydes is 1. The maximum Gasteiger partial charge on any atom is 0.161 e. The Morgan fingerprint density at radius 3 is 2.42 bits per heavy atom. The number of fused-ring (bicyclic) bond motifs is 4. The molecule has 0 fully saturated rings. The lowest BCUT2D eigenvalue weighted by Crippen LogP contribution is -2.39. The molecule has 1 unspecified atom stereocenters. The number of carbonyl (C=O) groups excluding carboxylic acids is 1. The molecular formula is C21H23NO4. The van der Waals surface area contributed by atoms with Gasteiger partial charge in [-0.25, -0.2) is 0 Å². The minimum atomic E-state index is 0.291. The van der Waals surface area contributed by atoms with Gasteiger partial charge in [-0.1, -0.05) is 6.07 Å². The number of rotatable bonds is 4. The highest BCUT2D eigenvalue weighted by Crippen LogP contribution is 2.43. The van der Waals surface area contributed by atoms with Crippen LogP contribution in [0.15, 0.2) is 24.3 Å². The number of benzene rings is 2. The van der Waals surface area contributed by atoms with E-state index in [4.69, 9.17) is 14.2 Å². The van der Waals surface area contributed by atoms with Gasteiger partial charge in [0.15, 0.2) is 17.8 Å². The first-order chi connectivity index (χ1) is 12.7. The van der Waals surface area contributed by atoms with E-state index in [-0.39, 0.29) is 0 Å². The minimum Gasteiger partial charge on any atom is -0.496 e. The first-order valence-electron chi connectivity index (χ1n) is 8.83. The summed E-state index contributed by atoms with van der Waals surface area (Å²) in [6.07, 6.45) is 2.76. The van der Waals surface area contributed by atoms with Crippen LogP contribution in [0.2, 0.25) is 0 Å². The normalized spacial score (nSPS) is 18.3. The monoisotopic (exact) mass is 353 g/mol. The molecule has 0 aromatic heterocycles. The summed E-state index contributed by atoms with van der Waals surface area (Å²) in [7, 11) is 4.95. The standard InChI is InChI=1S/C21H23NO4/c1-24-19-5-4-13-8-18-15-10-21(26-3)20(25-2)9-14(15)6-7-22(18)11-16(13)17(19)12-23/h4-5,9-10,12,18H,6-8,11H2,1-3H3. The highest BCUT2D eigenvalue weighted by atomic mass is 16.5. The molecule has 2 aliphatic heterocycles. The largest absolute Gasteiger partial charge is 0.496 e. The van der Waals surface area contributed by atoms with E-state index in [1.807, 2.05) is 6.07 Å². The molecule has 0 amide bonds. The van der Waals surface area contributed by atoms with E-state index in [0.29, 0.717) is 17.4 Å². The topological polar surface area (TPSA) is 48.0 Å². The number of carbonyl (C=O) groups is 1. The van der Waals surface area contributed by atoms with Crippen LogP contribution in [0, 0.1) is 0 Å². The maximum atomic E-state index is 11.6. The van der Waals surface area contributed by atoms with Gasteiger partial charge in [0.05, 0.1) is 26.9 Å². The SMILES string of the molecule is COc1cc2c(cc1OC)C1Cc3ccc(OC)c(C=O)c3CN1CC2. The van der Waals surface area contributed by atoms with Crippen molar-refractivity contribution in [2.45, 2.75) is 25.4 Å². The lowest BCUT2D eigenvalue weighted by molar-refractivity contribution is 0.111. The van der Waals surface area contributed by atoms with Gasteiger partial charge in [-0.15, -0.1) is 0 Å². The number of ether oxygens (including phenoxy) is 3. The van der Waals surface area contributed by atoms with E-state index in [0.717, 1.165) is 49.3 Å². The molecule has 0 saturated carbocycles. The predicted octanol–water partition coefficient (Wildman–Crippen LogP) is 3.18. The van der Waals surface area contributed by atoms with Crippen LogP contribution in [0.5, 0.6) is 17.2 Å². The van der Waals surface area contributed by atoms with Crippen LogP contribution in [0.4, 0.5) is 0 Å². The van der Waals surface area contributed by atoms with Gasteiger partial charge in [-0.3, -0.25) is 9.69 Å². The molecule has 5 heteroatoms. The average Bonchev–Trinajstić information content (AvgIpc) is 2.70. The third kappa shape index (κ3) is 2.54. The number of nitrogens with zero attached hydrogens (tertiary/aromatic N) is 1. The molecule has 0 radical (unpaired) electrons. The third-order valence-electron chi connectivity index (χ3n) is 5.64. The summed E-state index contributed by atoms with van der Waals surface area (Å²) < 4.78 is 16.3. The van der Waals surface area contributed by atoms with Gasteiger partial charge in [0.25, 0.3) is 0 Å². The Morgan fingerprint density at radius 2 is 1.73 bits per heavy atom. The molecule has 2 aromatic rings. The van der Waals surface area contributed by atoms with Gasteiger partial charge >= 0.3 is 0 Å². The smallest absolute Gasteiger partial charge is 0.161 e. The van der Waals surface area contributed by atoms with E-state index < -0.39 is 0 Å². The lowest BCUT2D eigenvalue weighted by Gasteiger charge is -2.42. The molecule has 0 bridgehead atoms. The van der Waals surface area contributed by atoms with Crippen molar-refractivity contribution in [1.29, 1.82) is 0 Å². The Morgan fingerprint density at radius 1 is 1.00 bits per heavy atom. The number of hydrogen-bond donors (Lipinski definition) is 0. The molecular weight excluding hydrogens is 330 g/mol. The molecule has 0 N–H and O–H groups in total. The van der Waals surface area contributed by atoms with Gasteiger partial charge in [-0.2, -0.15) is 0 Å². The zero-order valence-corrected chi connectivity index (χ0v) is 15.4. The summed E-state index contributed by atoms with van der Waals surface area (Å²) in [4.78, 5) is 14.1. The second kappa shape index (κ2) is 6.65. The summed E-state index contributed by atoms with van der Waals surface area (Å²) in [5, 5.41) is 0. The highest BCUT2D eigenvalue weighted by Gasteiger charge is 2.34. The van der Waals surface area contributed by atoms with Crippen LogP contribution < -0.4 is 14.2 Å². The number of hydrogen-bond acceptors (Lipinski definition) is 5. The fraction of sp³-hybridized carbons (Fsp3) is 0.381. The maximum absolute atomic E-state index is 11.6. The molecule has 0 spiro atoms. The first kappa shape index (κ1) is 16.9. The van der Waals surface area contributed by atoms with Crippen LogP contribution in [-0.2, 0) is 19.4 Å². The summed E-state index contributed by atoms with van der Waals surface area (Å²) in [5.74, 6) is 2.20. The lowest BCUT2D eigenvalue weighted by atomic mass is 9.82. The molecule has 2 heterocycles. The molecule has 26 heavy (non-hydrogen) atoms. The first-order valence-corrected chi connectivity index (χ1v) is 8.83. The van der Waals surface area contributed by atoms with Crippen molar-refractivity contribution in [3.8, 4) is 17.2 Å². The Hall–Kier alpha value is -2.53. The summed E-state index contributed by atoms with van der Waals surface area (Å²) in [6, 6.07) is 8.50. The molecule has 1 atom stereocenters. The Kier molecular flexibility index (Phi) is 4.32. The Labute approximate surface area is 153 Å². The van der Waals surface area contributed by atoms with Crippen LogP contribution >= 0.6 is 0 Å².